The third kappa shape index (κ3) is 7.30. The lowest BCUT2D eigenvalue weighted by molar-refractivity contribution is -0.143. The number of esters is 1. The zero-order valence-corrected chi connectivity index (χ0v) is 11.6. The molecule has 0 amide bonds. The van der Waals surface area contributed by atoms with E-state index in [0.717, 1.165) is 0 Å². The van der Waals surface area contributed by atoms with Gasteiger partial charge in [0, 0.05) is 6.54 Å². The third-order valence-corrected chi connectivity index (χ3v) is 3.21. The van der Waals surface area contributed by atoms with Crippen molar-refractivity contribution in [2.45, 2.75) is 39.7 Å². The lowest BCUT2D eigenvalue weighted by Crippen LogP contribution is -2.47. The van der Waals surface area contributed by atoms with Crippen LogP contribution in [0.2, 0.25) is 0 Å². The Kier molecular flexibility index (Phi) is 7.33. The molecule has 0 aromatic heterocycles. The van der Waals surface area contributed by atoms with E-state index in [9.17, 15) is 13.2 Å². The standard InChI is InChI=1S/C10H22N2O4S/c1-5-6-11-17(14,15)12-9(7-8(2)3)10(13)16-4/h8-9,11-12H,5-7H2,1-4H3. The van der Waals surface area contributed by atoms with Gasteiger partial charge in [-0.15, -0.1) is 0 Å². The number of hydrogen-bond acceptors (Lipinski definition) is 4. The summed E-state index contributed by atoms with van der Waals surface area (Å²) >= 11 is 0. The quantitative estimate of drug-likeness (QED) is 0.623. The average molecular weight is 266 g/mol. The minimum Gasteiger partial charge on any atom is -0.468 e. The van der Waals surface area contributed by atoms with Crippen LogP contribution in [0.5, 0.6) is 0 Å². The molecule has 1 atom stereocenters. The second kappa shape index (κ2) is 7.62. The Labute approximate surface area is 103 Å². The molecule has 0 radical (unpaired) electrons. The monoisotopic (exact) mass is 266 g/mol. The predicted octanol–water partition coefficient (Wildman–Crippen LogP) is 0.408. The molecule has 1 unspecified atom stereocenters. The summed E-state index contributed by atoms with van der Waals surface area (Å²) in [6.45, 7) is 6.01. The maximum Gasteiger partial charge on any atom is 0.323 e. The molecule has 0 saturated carbocycles. The Morgan fingerprint density at radius 2 is 1.94 bits per heavy atom. The number of methoxy groups -OCH3 is 1. The molecule has 0 aromatic carbocycles. The molecule has 0 aliphatic heterocycles. The molecular formula is C10H22N2O4S. The van der Waals surface area contributed by atoms with Crippen LogP contribution in [0.3, 0.4) is 0 Å². The van der Waals surface area contributed by atoms with Crippen molar-refractivity contribution in [1.82, 2.24) is 9.44 Å². The molecule has 0 fully saturated rings. The highest BCUT2D eigenvalue weighted by Gasteiger charge is 2.25. The molecule has 0 aliphatic rings. The first-order chi connectivity index (χ1) is 7.82. The molecule has 0 bridgehead atoms. The van der Waals surface area contributed by atoms with Crippen molar-refractivity contribution in [3.63, 3.8) is 0 Å². The van der Waals surface area contributed by atoms with E-state index < -0.39 is 22.2 Å². The van der Waals surface area contributed by atoms with Crippen LogP contribution in [0.4, 0.5) is 0 Å². The van der Waals surface area contributed by atoms with Crippen LogP contribution < -0.4 is 9.44 Å². The number of nitrogens with one attached hydrogen (secondary N) is 2. The topological polar surface area (TPSA) is 84.5 Å². The van der Waals surface area contributed by atoms with Crippen LogP contribution >= 0.6 is 0 Å². The summed E-state index contributed by atoms with van der Waals surface area (Å²) in [5.41, 5.74) is 0. The number of carbonyl (C=O) groups excluding carboxylic acids is 1. The van der Waals surface area contributed by atoms with Gasteiger partial charge in [0.1, 0.15) is 6.04 Å². The summed E-state index contributed by atoms with van der Waals surface area (Å²) < 4.78 is 32.4. The van der Waals surface area contributed by atoms with E-state index in [-0.39, 0.29) is 5.92 Å². The van der Waals surface area contributed by atoms with Crippen molar-refractivity contribution in [2.24, 2.45) is 5.92 Å². The van der Waals surface area contributed by atoms with E-state index in [2.05, 4.69) is 14.2 Å². The van der Waals surface area contributed by atoms with Gasteiger partial charge in [0.05, 0.1) is 7.11 Å². The smallest absolute Gasteiger partial charge is 0.323 e. The molecule has 0 saturated heterocycles. The van der Waals surface area contributed by atoms with E-state index >= 15 is 0 Å². The SMILES string of the molecule is CCCNS(=O)(=O)NC(CC(C)C)C(=O)OC. The minimum absolute atomic E-state index is 0.188. The fourth-order valence-corrected chi connectivity index (χ4v) is 2.39. The van der Waals surface area contributed by atoms with Gasteiger partial charge in [0.2, 0.25) is 0 Å². The maximum atomic E-state index is 11.6. The molecule has 102 valence electrons. The van der Waals surface area contributed by atoms with E-state index in [1.54, 1.807) is 0 Å². The van der Waals surface area contributed by atoms with Crippen molar-refractivity contribution in [1.29, 1.82) is 0 Å². The molecule has 7 heteroatoms. The Balaban J connectivity index is 4.57. The van der Waals surface area contributed by atoms with Crippen LogP contribution in [0.1, 0.15) is 33.6 Å². The number of hydrogen-bond donors (Lipinski definition) is 2. The Hall–Kier alpha value is -0.660. The molecule has 2 N–H and O–H groups in total. The van der Waals surface area contributed by atoms with Gasteiger partial charge in [-0.3, -0.25) is 4.79 Å². The van der Waals surface area contributed by atoms with Gasteiger partial charge in [-0.25, -0.2) is 4.72 Å². The van der Waals surface area contributed by atoms with Crippen molar-refractivity contribution in [3.8, 4) is 0 Å². The minimum atomic E-state index is -3.64. The number of carbonyl (C=O) groups is 1. The maximum absolute atomic E-state index is 11.6. The molecule has 0 aromatic rings. The van der Waals surface area contributed by atoms with Gasteiger partial charge in [0.15, 0.2) is 0 Å². The highest BCUT2D eigenvalue weighted by molar-refractivity contribution is 7.87. The van der Waals surface area contributed by atoms with Crippen LogP contribution in [0.25, 0.3) is 0 Å². The first-order valence-electron chi connectivity index (χ1n) is 5.67. The van der Waals surface area contributed by atoms with Gasteiger partial charge < -0.3 is 4.74 Å². The summed E-state index contributed by atoms with van der Waals surface area (Å²) in [7, 11) is -2.40. The molecule has 17 heavy (non-hydrogen) atoms. The summed E-state index contributed by atoms with van der Waals surface area (Å²) in [6.07, 6.45) is 1.09. The highest BCUT2D eigenvalue weighted by Crippen LogP contribution is 2.07. The van der Waals surface area contributed by atoms with Gasteiger partial charge in [0.25, 0.3) is 10.2 Å². The Morgan fingerprint density at radius 1 is 1.35 bits per heavy atom. The molecule has 0 aliphatic carbocycles. The van der Waals surface area contributed by atoms with Crippen molar-refractivity contribution < 1.29 is 17.9 Å². The second-order valence-corrected chi connectivity index (χ2v) is 5.75. The fourth-order valence-electron chi connectivity index (χ4n) is 1.27. The summed E-state index contributed by atoms with van der Waals surface area (Å²) in [4.78, 5) is 11.4. The lowest BCUT2D eigenvalue weighted by atomic mass is 10.1. The molecule has 6 nitrogen and oxygen atoms in total. The van der Waals surface area contributed by atoms with Gasteiger partial charge in [-0.2, -0.15) is 13.1 Å². The van der Waals surface area contributed by atoms with E-state index in [1.807, 2.05) is 20.8 Å². The van der Waals surface area contributed by atoms with Crippen LogP contribution in [-0.4, -0.2) is 34.1 Å². The van der Waals surface area contributed by atoms with Gasteiger partial charge >= 0.3 is 5.97 Å². The van der Waals surface area contributed by atoms with E-state index in [4.69, 9.17) is 0 Å². The van der Waals surface area contributed by atoms with Crippen molar-refractivity contribution >= 4 is 16.2 Å². The summed E-state index contributed by atoms with van der Waals surface area (Å²) in [5, 5.41) is 0. The first-order valence-corrected chi connectivity index (χ1v) is 7.15. The van der Waals surface area contributed by atoms with E-state index in [1.165, 1.54) is 7.11 Å². The molecular weight excluding hydrogens is 244 g/mol. The third-order valence-electron chi connectivity index (χ3n) is 2.03. The molecule has 0 rings (SSSR count). The van der Waals surface area contributed by atoms with Gasteiger partial charge in [-0.05, 0) is 18.8 Å². The summed E-state index contributed by atoms with van der Waals surface area (Å²) in [6, 6.07) is -0.839. The fraction of sp³-hybridized carbons (Fsp3) is 0.900. The van der Waals surface area contributed by atoms with Gasteiger partial charge in [-0.1, -0.05) is 20.8 Å². The first kappa shape index (κ1) is 16.3. The van der Waals surface area contributed by atoms with Crippen molar-refractivity contribution in [2.75, 3.05) is 13.7 Å². The van der Waals surface area contributed by atoms with E-state index in [0.29, 0.717) is 19.4 Å². The number of rotatable bonds is 8. The zero-order chi connectivity index (χ0) is 13.5. The largest absolute Gasteiger partial charge is 0.468 e. The lowest BCUT2D eigenvalue weighted by Gasteiger charge is -2.18. The second-order valence-electron chi connectivity index (χ2n) is 4.22. The van der Waals surface area contributed by atoms with Crippen LogP contribution in [0.15, 0.2) is 0 Å². The summed E-state index contributed by atoms with van der Waals surface area (Å²) in [5.74, 6) is -0.381. The van der Waals surface area contributed by atoms with Crippen LogP contribution in [-0.2, 0) is 19.7 Å². The number of ether oxygens (including phenoxy) is 1. The molecule has 0 heterocycles. The average Bonchev–Trinajstić information content (AvgIpc) is 2.23. The Morgan fingerprint density at radius 3 is 2.35 bits per heavy atom. The van der Waals surface area contributed by atoms with Crippen LogP contribution in [0, 0.1) is 5.92 Å². The highest BCUT2D eigenvalue weighted by atomic mass is 32.2. The molecule has 0 spiro atoms. The Bertz CT molecular complexity index is 327. The normalized spacial score (nSPS) is 13.7. The van der Waals surface area contributed by atoms with Crippen molar-refractivity contribution in [3.05, 3.63) is 0 Å². The zero-order valence-electron chi connectivity index (χ0n) is 10.8. The predicted molar refractivity (Wildman–Crippen MR) is 65.6 cm³/mol.